The lowest BCUT2D eigenvalue weighted by molar-refractivity contribution is -0.215. The van der Waals surface area contributed by atoms with Crippen LogP contribution in [0.5, 0.6) is 0 Å². The average Bonchev–Trinajstić information content (AvgIpc) is 2.19. The van der Waals surface area contributed by atoms with Crippen LogP contribution in [0.2, 0.25) is 0 Å². The summed E-state index contributed by atoms with van der Waals surface area (Å²) in [6.45, 7) is 2.33. The van der Waals surface area contributed by atoms with Crippen LogP contribution in [0.3, 0.4) is 0 Å². The molecule has 2 saturated heterocycles. The van der Waals surface area contributed by atoms with Crippen LogP contribution in [0.4, 0.5) is 0 Å². The molecule has 1 aliphatic carbocycles. The molecule has 1 unspecified atom stereocenters. The summed E-state index contributed by atoms with van der Waals surface area (Å²) >= 11 is 0. The first-order valence-corrected chi connectivity index (χ1v) is 5.09. The van der Waals surface area contributed by atoms with E-state index in [0.29, 0.717) is 12.0 Å². The zero-order chi connectivity index (χ0) is 8.60. The fourth-order valence-corrected chi connectivity index (χ4v) is 2.79. The van der Waals surface area contributed by atoms with Gasteiger partial charge in [0.15, 0.2) is 0 Å². The number of aliphatic hydroxyl groups excluding tert-OH is 1. The molecule has 0 aromatic heterocycles. The molecule has 2 heteroatoms. The number of hydrogen-bond acceptors (Lipinski definition) is 2. The van der Waals surface area contributed by atoms with Gasteiger partial charge in [0.2, 0.25) is 0 Å². The van der Waals surface area contributed by atoms with Crippen LogP contribution in [0, 0.1) is 5.92 Å². The smallest absolute Gasteiger partial charge is 0.0941 e. The molecule has 3 fully saturated rings. The van der Waals surface area contributed by atoms with E-state index in [1.165, 1.54) is 25.7 Å². The Morgan fingerprint density at radius 1 is 1.33 bits per heavy atom. The molecule has 1 N–H and O–H groups in total. The normalized spacial score (nSPS) is 46.5. The Labute approximate surface area is 73.9 Å². The van der Waals surface area contributed by atoms with Crippen LogP contribution in [0.15, 0.2) is 0 Å². The van der Waals surface area contributed by atoms with Crippen molar-refractivity contribution in [2.45, 2.75) is 50.7 Å². The minimum atomic E-state index is -0.166. The molecule has 0 aromatic carbocycles. The van der Waals surface area contributed by atoms with Gasteiger partial charge in [-0.15, -0.1) is 0 Å². The Bertz CT molecular complexity index is 155. The Kier molecular flexibility index (Phi) is 2.13. The zero-order valence-electron chi connectivity index (χ0n) is 7.75. The lowest BCUT2D eigenvalue weighted by Crippen LogP contribution is -2.53. The van der Waals surface area contributed by atoms with E-state index in [1.807, 2.05) is 0 Å². The highest BCUT2D eigenvalue weighted by Crippen LogP contribution is 2.45. The van der Waals surface area contributed by atoms with Gasteiger partial charge in [0.05, 0.1) is 18.3 Å². The molecule has 1 atom stereocenters. The molecule has 0 amide bonds. The minimum Gasteiger partial charge on any atom is -0.393 e. The van der Waals surface area contributed by atoms with E-state index in [9.17, 15) is 5.11 Å². The third kappa shape index (κ3) is 1.09. The topological polar surface area (TPSA) is 29.5 Å². The summed E-state index contributed by atoms with van der Waals surface area (Å²) in [5.41, 5.74) is -0.166. The van der Waals surface area contributed by atoms with Gasteiger partial charge in [-0.1, -0.05) is 6.92 Å². The van der Waals surface area contributed by atoms with Crippen LogP contribution in [0.1, 0.15) is 39.0 Å². The molecule has 0 aromatic rings. The first-order valence-electron chi connectivity index (χ1n) is 5.09. The molecule has 0 radical (unpaired) electrons. The third-order valence-corrected chi connectivity index (χ3v) is 3.69. The van der Waals surface area contributed by atoms with Gasteiger partial charge in [-0.3, -0.25) is 0 Å². The second-order valence-corrected chi connectivity index (χ2v) is 4.17. The Hall–Kier alpha value is -0.0800. The second-order valence-electron chi connectivity index (χ2n) is 4.17. The summed E-state index contributed by atoms with van der Waals surface area (Å²) in [6, 6.07) is 0. The van der Waals surface area contributed by atoms with E-state index in [1.54, 1.807) is 0 Å². The van der Waals surface area contributed by atoms with Gasteiger partial charge >= 0.3 is 0 Å². The van der Waals surface area contributed by atoms with Crippen molar-refractivity contribution in [3.05, 3.63) is 0 Å². The zero-order valence-corrected chi connectivity index (χ0v) is 7.75. The molecular formula is C10H18O2. The summed E-state index contributed by atoms with van der Waals surface area (Å²) in [5.74, 6) is 0.623. The van der Waals surface area contributed by atoms with Crippen LogP contribution in [-0.4, -0.2) is 23.4 Å². The van der Waals surface area contributed by atoms with E-state index in [4.69, 9.17) is 4.74 Å². The van der Waals surface area contributed by atoms with Crippen molar-refractivity contribution >= 4 is 0 Å². The Balaban J connectivity index is 2.15. The van der Waals surface area contributed by atoms with Crippen molar-refractivity contribution in [2.24, 2.45) is 5.92 Å². The molecule has 12 heavy (non-hydrogen) atoms. The van der Waals surface area contributed by atoms with Crippen molar-refractivity contribution in [3.8, 4) is 0 Å². The highest BCUT2D eigenvalue weighted by atomic mass is 16.5. The quantitative estimate of drug-likeness (QED) is 0.683. The van der Waals surface area contributed by atoms with Gasteiger partial charge in [-0.25, -0.2) is 0 Å². The first kappa shape index (κ1) is 8.52. The number of rotatable bonds is 2. The van der Waals surface area contributed by atoms with Crippen molar-refractivity contribution < 1.29 is 9.84 Å². The van der Waals surface area contributed by atoms with Gasteiger partial charge in [0, 0.05) is 0 Å². The maximum Gasteiger partial charge on any atom is 0.0941 e. The maximum atomic E-state index is 9.34. The van der Waals surface area contributed by atoms with Crippen molar-refractivity contribution in [1.82, 2.24) is 0 Å². The van der Waals surface area contributed by atoms with Crippen LogP contribution >= 0.6 is 0 Å². The molecule has 3 rings (SSSR count). The van der Waals surface area contributed by atoms with Gasteiger partial charge in [0.1, 0.15) is 0 Å². The molecule has 0 spiro atoms. The van der Waals surface area contributed by atoms with Crippen molar-refractivity contribution in [3.63, 3.8) is 0 Å². The molecule has 70 valence electrons. The predicted octanol–water partition coefficient (Wildman–Crippen LogP) is 1.72. The molecule has 2 bridgehead atoms. The summed E-state index contributed by atoms with van der Waals surface area (Å²) in [4.78, 5) is 0. The number of ether oxygens (including phenoxy) is 1. The van der Waals surface area contributed by atoms with Crippen LogP contribution in [-0.2, 0) is 4.74 Å². The molecule has 2 nitrogen and oxygen atoms in total. The summed E-state index contributed by atoms with van der Waals surface area (Å²) < 4.78 is 5.92. The summed E-state index contributed by atoms with van der Waals surface area (Å²) in [7, 11) is 0. The van der Waals surface area contributed by atoms with E-state index >= 15 is 0 Å². The lowest BCUT2D eigenvalue weighted by atomic mass is 9.71. The van der Waals surface area contributed by atoms with Crippen molar-refractivity contribution in [2.75, 3.05) is 6.61 Å². The van der Waals surface area contributed by atoms with Gasteiger partial charge in [-0.2, -0.15) is 0 Å². The molecule has 2 heterocycles. The van der Waals surface area contributed by atoms with E-state index in [-0.39, 0.29) is 12.2 Å². The average molecular weight is 170 g/mol. The molecule has 1 saturated carbocycles. The second kappa shape index (κ2) is 3.00. The monoisotopic (exact) mass is 170 g/mol. The lowest BCUT2D eigenvalue weighted by Gasteiger charge is -2.50. The number of fused-ring (bicyclic) bond motifs is 3. The summed E-state index contributed by atoms with van der Waals surface area (Å²) in [6.07, 6.45) is 6.36. The Morgan fingerprint density at radius 3 is 2.25 bits per heavy atom. The maximum absolute atomic E-state index is 9.34. The summed E-state index contributed by atoms with van der Waals surface area (Å²) in [5, 5.41) is 9.34. The van der Waals surface area contributed by atoms with Crippen molar-refractivity contribution in [1.29, 1.82) is 0 Å². The van der Waals surface area contributed by atoms with Gasteiger partial charge < -0.3 is 9.84 Å². The van der Waals surface area contributed by atoms with E-state index in [2.05, 4.69) is 6.92 Å². The Morgan fingerprint density at radius 2 is 2.00 bits per heavy atom. The molecule has 2 aliphatic heterocycles. The van der Waals surface area contributed by atoms with Crippen LogP contribution in [0.25, 0.3) is 0 Å². The highest BCUT2D eigenvalue weighted by molar-refractivity contribution is 4.96. The highest BCUT2D eigenvalue weighted by Gasteiger charge is 2.46. The van der Waals surface area contributed by atoms with Gasteiger partial charge in [0.25, 0.3) is 0 Å². The predicted molar refractivity (Wildman–Crippen MR) is 46.9 cm³/mol. The van der Waals surface area contributed by atoms with Gasteiger partial charge in [-0.05, 0) is 38.0 Å². The fraction of sp³-hybridized carbons (Fsp3) is 1.00. The number of aliphatic hydroxyl groups is 1. The standard InChI is InChI=1S/C10H18O2/c1-2-10(7-11)8-3-5-9(12-10)6-4-8/h8-9,11H,2-7H2,1H3. The number of hydrogen-bond donors (Lipinski definition) is 1. The molecular weight excluding hydrogens is 152 g/mol. The van der Waals surface area contributed by atoms with E-state index < -0.39 is 0 Å². The third-order valence-electron chi connectivity index (χ3n) is 3.69. The first-order chi connectivity index (χ1) is 5.80. The molecule has 3 aliphatic rings. The SMILES string of the molecule is CCC1(CO)OC2CCC1CC2. The van der Waals surface area contributed by atoms with E-state index in [0.717, 1.165) is 6.42 Å². The minimum absolute atomic E-state index is 0.166. The van der Waals surface area contributed by atoms with Crippen LogP contribution < -0.4 is 0 Å². The fourth-order valence-electron chi connectivity index (χ4n) is 2.79. The largest absolute Gasteiger partial charge is 0.393 e.